The lowest BCUT2D eigenvalue weighted by atomic mass is 10.1. The van der Waals surface area contributed by atoms with Gasteiger partial charge in [0.1, 0.15) is 0 Å². The maximum Gasteiger partial charge on any atom is 0.251 e. The molecule has 0 aliphatic heterocycles. The minimum atomic E-state index is -0.0396. The lowest BCUT2D eigenvalue weighted by molar-refractivity contribution is 0.0952. The quantitative estimate of drug-likeness (QED) is 0.398. The third-order valence-electron chi connectivity index (χ3n) is 5.31. The van der Waals surface area contributed by atoms with Crippen LogP contribution in [0.5, 0.6) is 0 Å². The van der Waals surface area contributed by atoms with Gasteiger partial charge in [0.25, 0.3) is 5.91 Å². The van der Waals surface area contributed by atoms with Crippen molar-refractivity contribution in [1.82, 2.24) is 15.2 Å². The number of hydrogen-bond donors (Lipinski definition) is 2. The van der Waals surface area contributed by atoms with Crippen molar-refractivity contribution in [3.63, 3.8) is 0 Å². The van der Waals surface area contributed by atoms with Gasteiger partial charge in [-0.1, -0.05) is 44.2 Å². The predicted molar refractivity (Wildman–Crippen MR) is 134 cm³/mol. The standard InChI is InChI=1S/C27H32N4O/c1-3-31(4-2)19-7-16-29-27(32)24-9-6-11-26(21-24)30-25-10-5-8-23(20-25)13-12-22-14-17-28-18-15-22/h5-6,8-15,17-18,20-21,30H,3-4,7,16,19H2,1-2H3,(H,29,32)/b13-12+. The molecular formula is C27H32N4O. The maximum atomic E-state index is 12.5. The molecule has 5 heteroatoms. The van der Waals surface area contributed by atoms with E-state index in [2.05, 4.69) is 58.6 Å². The van der Waals surface area contributed by atoms with Crippen LogP contribution in [0, 0.1) is 0 Å². The summed E-state index contributed by atoms with van der Waals surface area (Å²) in [5, 5.41) is 6.43. The first kappa shape index (κ1) is 23.2. The number of amides is 1. The van der Waals surface area contributed by atoms with E-state index in [9.17, 15) is 4.79 Å². The highest BCUT2D eigenvalue weighted by Crippen LogP contribution is 2.20. The van der Waals surface area contributed by atoms with Crippen LogP contribution in [0.2, 0.25) is 0 Å². The van der Waals surface area contributed by atoms with Crippen molar-refractivity contribution in [2.24, 2.45) is 0 Å². The van der Waals surface area contributed by atoms with Crippen molar-refractivity contribution < 1.29 is 4.79 Å². The number of anilines is 2. The van der Waals surface area contributed by atoms with Gasteiger partial charge < -0.3 is 15.5 Å². The molecule has 0 aliphatic rings. The van der Waals surface area contributed by atoms with Crippen LogP contribution in [-0.4, -0.2) is 42.0 Å². The van der Waals surface area contributed by atoms with E-state index >= 15 is 0 Å². The average Bonchev–Trinajstić information content (AvgIpc) is 2.84. The highest BCUT2D eigenvalue weighted by atomic mass is 16.1. The molecule has 0 bridgehead atoms. The summed E-state index contributed by atoms with van der Waals surface area (Å²) >= 11 is 0. The molecule has 0 saturated heterocycles. The molecule has 0 radical (unpaired) electrons. The molecule has 0 aliphatic carbocycles. The van der Waals surface area contributed by atoms with E-state index in [1.165, 1.54) is 0 Å². The van der Waals surface area contributed by atoms with Crippen LogP contribution in [0.1, 0.15) is 41.8 Å². The Kier molecular flexibility index (Phi) is 9.02. The Bertz CT molecular complexity index is 1010. The molecule has 0 fully saturated rings. The van der Waals surface area contributed by atoms with Crippen molar-refractivity contribution in [2.75, 3.05) is 31.5 Å². The smallest absolute Gasteiger partial charge is 0.251 e. The van der Waals surface area contributed by atoms with Crippen LogP contribution in [0.3, 0.4) is 0 Å². The second-order valence-corrected chi connectivity index (χ2v) is 7.58. The Morgan fingerprint density at radius 1 is 0.906 bits per heavy atom. The fourth-order valence-corrected chi connectivity index (χ4v) is 3.44. The molecular weight excluding hydrogens is 396 g/mol. The second-order valence-electron chi connectivity index (χ2n) is 7.58. The molecule has 3 aromatic rings. The molecule has 2 N–H and O–H groups in total. The number of nitrogens with one attached hydrogen (secondary N) is 2. The number of benzene rings is 2. The highest BCUT2D eigenvalue weighted by Gasteiger charge is 2.07. The number of carbonyl (C=O) groups is 1. The molecule has 1 amide bonds. The first-order valence-corrected chi connectivity index (χ1v) is 11.2. The second kappa shape index (κ2) is 12.4. The highest BCUT2D eigenvalue weighted by molar-refractivity contribution is 5.95. The third kappa shape index (κ3) is 7.36. The van der Waals surface area contributed by atoms with Crippen LogP contribution < -0.4 is 10.6 Å². The Labute approximate surface area is 191 Å². The average molecular weight is 429 g/mol. The summed E-state index contributed by atoms with van der Waals surface area (Å²) in [4.78, 5) is 18.9. The zero-order valence-electron chi connectivity index (χ0n) is 18.9. The molecule has 0 saturated carbocycles. The van der Waals surface area contributed by atoms with Gasteiger partial charge in [-0.15, -0.1) is 0 Å². The SMILES string of the molecule is CCN(CC)CCCNC(=O)c1cccc(Nc2cccc(/C=C/c3ccncc3)c2)c1. The number of aromatic nitrogens is 1. The molecule has 32 heavy (non-hydrogen) atoms. The largest absolute Gasteiger partial charge is 0.355 e. The lowest BCUT2D eigenvalue weighted by Crippen LogP contribution is -2.29. The van der Waals surface area contributed by atoms with Crippen molar-refractivity contribution in [3.8, 4) is 0 Å². The Balaban J connectivity index is 1.57. The van der Waals surface area contributed by atoms with Crippen LogP contribution >= 0.6 is 0 Å². The minimum Gasteiger partial charge on any atom is -0.355 e. The fraction of sp³-hybridized carbons (Fsp3) is 0.259. The van der Waals surface area contributed by atoms with Crippen LogP contribution in [-0.2, 0) is 0 Å². The Morgan fingerprint density at radius 3 is 2.34 bits per heavy atom. The van der Waals surface area contributed by atoms with Gasteiger partial charge in [-0.3, -0.25) is 9.78 Å². The number of pyridine rings is 1. The molecule has 1 heterocycles. The van der Waals surface area contributed by atoms with Gasteiger partial charge in [0.15, 0.2) is 0 Å². The molecule has 166 valence electrons. The van der Waals surface area contributed by atoms with Gasteiger partial charge in [0.05, 0.1) is 0 Å². The van der Waals surface area contributed by atoms with Crippen LogP contribution in [0.4, 0.5) is 11.4 Å². The summed E-state index contributed by atoms with van der Waals surface area (Å²) in [6.07, 6.45) is 8.65. The summed E-state index contributed by atoms with van der Waals surface area (Å²) in [7, 11) is 0. The minimum absolute atomic E-state index is 0.0396. The summed E-state index contributed by atoms with van der Waals surface area (Å²) in [6, 6.07) is 19.7. The monoisotopic (exact) mass is 428 g/mol. The molecule has 2 aromatic carbocycles. The van der Waals surface area contributed by atoms with Crippen molar-refractivity contribution >= 4 is 29.4 Å². The predicted octanol–water partition coefficient (Wildman–Crippen LogP) is 5.46. The van der Waals surface area contributed by atoms with E-state index in [4.69, 9.17) is 0 Å². The first-order valence-electron chi connectivity index (χ1n) is 11.2. The summed E-state index contributed by atoms with van der Waals surface area (Å²) < 4.78 is 0. The molecule has 0 unspecified atom stereocenters. The number of rotatable bonds is 11. The van der Waals surface area contributed by atoms with Gasteiger partial charge in [-0.2, -0.15) is 0 Å². The summed E-state index contributed by atoms with van der Waals surface area (Å²) in [6.45, 7) is 8.08. The van der Waals surface area contributed by atoms with Crippen LogP contribution in [0.25, 0.3) is 12.2 Å². The summed E-state index contributed by atoms with van der Waals surface area (Å²) in [5.41, 5.74) is 4.71. The van der Waals surface area contributed by atoms with Gasteiger partial charge in [0.2, 0.25) is 0 Å². The number of hydrogen-bond acceptors (Lipinski definition) is 4. The number of carbonyl (C=O) groups excluding carboxylic acids is 1. The number of nitrogens with zero attached hydrogens (tertiary/aromatic N) is 2. The Morgan fingerprint density at radius 2 is 1.59 bits per heavy atom. The van der Waals surface area contributed by atoms with Crippen molar-refractivity contribution in [1.29, 1.82) is 0 Å². The topological polar surface area (TPSA) is 57.3 Å². The summed E-state index contributed by atoms with van der Waals surface area (Å²) in [5.74, 6) is -0.0396. The maximum absolute atomic E-state index is 12.5. The van der Waals surface area contributed by atoms with Gasteiger partial charge in [-0.05, 0) is 79.6 Å². The first-order chi connectivity index (χ1) is 15.7. The zero-order chi connectivity index (χ0) is 22.6. The molecule has 3 rings (SSSR count). The van der Waals surface area contributed by atoms with E-state index in [-0.39, 0.29) is 5.91 Å². The normalized spacial score (nSPS) is 11.1. The molecule has 1 aromatic heterocycles. The van der Waals surface area contributed by atoms with E-state index in [1.54, 1.807) is 12.4 Å². The van der Waals surface area contributed by atoms with E-state index < -0.39 is 0 Å². The van der Waals surface area contributed by atoms with Gasteiger partial charge in [0, 0.05) is 35.9 Å². The van der Waals surface area contributed by atoms with E-state index in [1.807, 2.05) is 48.5 Å². The van der Waals surface area contributed by atoms with E-state index in [0.29, 0.717) is 12.1 Å². The fourth-order valence-electron chi connectivity index (χ4n) is 3.44. The van der Waals surface area contributed by atoms with Gasteiger partial charge >= 0.3 is 0 Å². The van der Waals surface area contributed by atoms with Crippen molar-refractivity contribution in [3.05, 3.63) is 89.7 Å². The molecule has 5 nitrogen and oxygen atoms in total. The zero-order valence-corrected chi connectivity index (χ0v) is 18.9. The third-order valence-corrected chi connectivity index (χ3v) is 5.31. The molecule has 0 atom stereocenters. The van der Waals surface area contributed by atoms with Crippen LogP contribution in [0.15, 0.2) is 73.1 Å². The molecule has 0 spiro atoms. The van der Waals surface area contributed by atoms with Gasteiger partial charge in [-0.25, -0.2) is 0 Å². The lowest BCUT2D eigenvalue weighted by Gasteiger charge is -2.17. The Hall–Kier alpha value is -3.44. The van der Waals surface area contributed by atoms with E-state index in [0.717, 1.165) is 48.6 Å². The van der Waals surface area contributed by atoms with Crippen molar-refractivity contribution in [2.45, 2.75) is 20.3 Å².